The van der Waals surface area contributed by atoms with Gasteiger partial charge in [-0.05, 0) is 39.0 Å². The third-order valence-electron chi connectivity index (χ3n) is 5.63. The van der Waals surface area contributed by atoms with Crippen LogP contribution in [0.25, 0.3) is 0 Å². The molecule has 2 aromatic rings. The van der Waals surface area contributed by atoms with E-state index in [4.69, 9.17) is 10.3 Å². The van der Waals surface area contributed by atoms with Crippen molar-refractivity contribution in [1.29, 1.82) is 0 Å². The quantitative estimate of drug-likeness (QED) is 0.840. The molecule has 1 saturated heterocycles. The van der Waals surface area contributed by atoms with Crippen LogP contribution < -0.4 is 5.73 Å². The summed E-state index contributed by atoms with van der Waals surface area (Å²) in [5, 5.41) is 4.16. The first-order valence-corrected chi connectivity index (χ1v) is 10.4. The number of hydrogen-bond acceptors (Lipinski definition) is 7. The minimum atomic E-state index is -3.57. The third-order valence-corrected chi connectivity index (χ3v) is 7.40. The van der Waals surface area contributed by atoms with Gasteiger partial charge in [0.25, 0.3) is 10.0 Å². The summed E-state index contributed by atoms with van der Waals surface area (Å²) in [4.78, 5) is 8.66. The first-order chi connectivity index (χ1) is 12.3. The fourth-order valence-corrected chi connectivity index (χ4v) is 5.01. The van der Waals surface area contributed by atoms with Crippen molar-refractivity contribution in [3.8, 4) is 0 Å². The summed E-state index contributed by atoms with van der Waals surface area (Å²) in [5.74, 6) is 1.89. The highest BCUT2D eigenvalue weighted by atomic mass is 32.2. The summed E-state index contributed by atoms with van der Waals surface area (Å²) in [5.41, 5.74) is 5.80. The molecule has 1 aliphatic heterocycles. The number of aryl methyl sites for hydroxylation is 2. The predicted molar refractivity (Wildman–Crippen MR) is 92.7 cm³/mol. The monoisotopic (exact) mass is 380 g/mol. The standard InChI is InChI=1S/C16H24N6O3S/c1-11-18-13(10-21(11)2)26(23,24)22-8-4-12(5-9-22)14-19-15(20-25-14)16(17)6-3-7-16/h10,12H,3-9,17H2,1-2H3. The molecule has 0 atom stereocenters. The van der Waals surface area contributed by atoms with Crippen molar-refractivity contribution in [1.82, 2.24) is 24.0 Å². The number of hydrogen-bond donors (Lipinski definition) is 1. The van der Waals surface area contributed by atoms with Gasteiger partial charge in [0.2, 0.25) is 5.89 Å². The van der Waals surface area contributed by atoms with Crippen LogP contribution in [-0.2, 0) is 22.6 Å². The highest BCUT2D eigenvalue weighted by Crippen LogP contribution is 2.38. The fraction of sp³-hybridized carbons (Fsp3) is 0.688. The molecule has 2 fully saturated rings. The van der Waals surface area contributed by atoms with Crippen LogP contribution in [-0.4, -0.2) is 45.5 Å². The molecule has 0 unspecified atom stereocenters. The van der Waals surface area contributed by atoms with E-state index < -0.39 is 15.6 Å². The Bertz CT molecular complexity index is 887. The van der Waals surface area contributed by atoms with Gasteiger partial charge in [0, 0.05) is 32.3 Å². The molecule has 2 aromatic heterocycles. The van der Waals surface area contributed by atoms with Crippen molar-refractivity contribution in [2.24, 2.45) is 12.8 Å². The number of nitrogens with two attached hydrogens (primary N) is 1. The Hall–Kier alpha value is -1.78. The summed E-state index contributed by atoms with van der Waals surface area (Å²) in [6.07, 6.45) is 5.69. The topological polar surface area (TPSA) is 120 Å². The van der Waals surface area contributed by atoms with Crippen molar-refractivity contribution >= 4 is 10.0 Å². The lowest BCUT2D eigenvalue weighted by atomic mass is 9.77. The Morgan fingerprint density at radius 1 is 1.27 bits per heavy atom. The van der Waals surface area contributed by atoms with Crippen LogP contribution in [0.5, 0.6) is 0 Å². The van der Waals surface area contributed by atoms with E-state index in [0.717, 1.165) is 19.3 Å². The number of nitrogens with zero attached hydrogens (tertiary/aromatic N) is 5. The predicted octanol–water partition coefficient (Wildman–Crippen LogP) is 1.02. The van der Waals surface area contributed by atoms with Crippen LogP contribution in [0.1, 0.15) is 55.6 Å². The summed E-state index contributed by atoms with van der Waals surface area (Å²) in [6.45, 7) is 2.60. The minimum absolute atomic E-state index is 0.0665. The van der Waals surface area contributed by atoms with Crippen molar-refractivity contribution in [3.05, 3.63) is 23.7 Å². The fourth-order valence-electron chi connectivity index (χ4n) is 3.51. The molecule has 4 rings (SSSR count). The molecule has 10 heteroatoms. The highest BCUT2D eigenvalue weighted by molar-refractivity contribution is 7.89. The molecule has 1 saturated carbocycles. The SMILES string of the molecule is Cc1nc(S(=O)(=O)N2CCC(c3nc(C4(N)CCC4)no3)CC2)cn1C. The van der Waals surface area contributed by atoms with E-state index >= 15 is 0 Å². The molecule has 2 N–H and O–H groups in total. The van der Waals surface area contributed by atoms with Crippen LogP contribution in [0.2, 0.25) is 0 Å². The molecule has 0 spiro atoms. The first-order valence-electron chi connectivity index (χ1n) is 8.93. The normalized spacial score (nSPS) is 21.7. The summed E-state index contributed by atoms with van der Waals surface area (Å²) in [6, 6.07) is 0. The zero-order valence-electron chi connectivity index (χ0n) is 15.1. The molecule has 3 heterocycles. The number of aromatic nitrogens is 4. The summed E-state index contributed by atoms with van der Waals surface area (Å²) < 4.78 is 34.1. The van der Waals surface area contributed by atoms with Gasteiger partial charge in [-0.25, -0.2) is 13.4 Å². The van der Waals surface area contributed by atoms with E-state index in [2.05, 4.69) is 15.1 Å². The second-order valence-corrected chi connectivity index (χ2v) is 9.27. The maximum absolute atomic E-state index is 12.8. The Morgan fingerprint density at radius 3 is 2.50 bits per heavy atom. The average Bonchev–Trinajstić information content (AvgIpc) is 3.21. The summed E-state index contributed by atoms with van der Waals surface area (Å²) >= 11 is 0. The van der Waals surface area contributed by atoms with Crippen molar-refractivity contribution < 1.29 is 12.9 Å². The Kier molecular flexibility index (Phi) is 4.16. The third kappa shape index (κ3) is 2.85. The number of sulfonamides is 1. The van der Waals surface area contributed by atoms with E-state index in [1.807, 2.05) is 0 Å². The van der Waals surface area contributed by atoms with Gasteiger partial charge in [-0.3, -0.25) is 0 Å². The average molecular weight is 380 g/mol. The molecular weight excluding hydrogens is 356 g/mol. The number of piperidine rings is 1. The smallest absolute Gasteiger partial charge is 0.262 e. The lowest BCUT2D eigenvalue weighted by Gasteiger charge is -2.34. The number of rotatable bonds is 4. The maximum Gasteiger partial charge on any atom is 0.262 e. The van der Waals surface area contributed by atoms with Gasteiger partial charge < -0.3 is 14.8 Å². The second kappa shape index (κ2) is 6.14. The molecule has 0 aromatic carbocycles. The molecule has 0 radical (unpaired) electrons. The van der Waals surface area contributed by atoms with Crippen LogP contribution in [0.3, 0.4) is 0 Å². The molecule has 1 aliphatic carbocycles. The second-order valence-electron chi connectivity index (χ2n) is 7.38. The summed E-state index contributed by atoms with van der Waals surface area (Å²) in [7, 11) is -1.78. The molecule has 0 bridgehead atoms. The molecule has 26 heavy (non-hydrogen) atoms. The van der Waals surface area contributed by atoms with Crippen molar-refractivity contribution in [3.63, 3.8) is 0 Å². The van der Waals surface area contributed by atoms with Crippen LogP contribution in [0.4, 0.5) is 0 Å². The zero-order valence-corrected chi connectivity index (χ0v) is 15.9. The van der Waals surface area contributed by atoms with Crippen LogP contribution in [0, 0.1) is 6.92 Å². The highest BCUT2D eigenvalue weighted by Gasteiger charge is 2.40. The van der Waals surface area contributed by atoms with E-state index in [-0.39, 0.29) is 10.9 Å². The van der Waals surface area contributed by atoms with Gasteiger partial charge in [0.15, 0.2) is 10.9 Å². The van der Waals surface area contributed by atoms with E-state index in [1.165, 1.54) is 4.31 Å². The van der Waals surface area contributed by atoms with Gasteiger partial charge >= 0.3 is 0 Å². The largest absolute Gasteiger partial charge is 0.339 e. The Balaban J connectivity index is 1.44. The van der Waals surface area contributed by atoms with E-state index in [0.29, 0.717) is 43.5 Å². The van der Waals surface area contributed by atoms with Crippen LogP contribution >= 0.6 is 0 Å². The van der Waals surface area contributed by atoms with Gasteiger partial charge in [-0.1, -0.05) is 5.16 Å². The minimum Gasteiger partial charge on any atom is -0.339 e. The lowest BCUT2D eigenvalue weighted by Crippen LogP contribution is -2.44. The van der Waals surface area contributed by atoms with Crippen molar-refractivity contribution in [2.45, 2.75) is 55.5 Å². The molecule has 142 valence electrons. The Labute approximate surface area is 152 Å². The Morgan fingerprint density at radius 2 is 1.96 bits per heavy atom. The van der Waals surface area contributed by atoms with E-state index in [1.54, 1.807) is 24.7 Å². The van der Waals surface area contributed by atoms with Gasteiger partial charge in [0.05, 0.1) is 5.54 Å². The molecular formula is C16H24N6O3S. The van der Waals surface area contributed by atoms with Crippen LogP contribution in [0.15, 0.2) is 15.7 Å². The van der Waals surface area contributed by atoms with E-state index in [9.17, 15) is 8.42 Å². The molecule has 0 amide bonds. The van der Waals surface area contributed by atoms with Gasteiger partial charge in [0.1, 0.15) is 5.82 Å². The first kappa shape index (κ1) is 17.6. The lowest BCUT2D eigenvalue weighted by molar-refractivity contribution is 0.227. The van der Waals surface area contributed by atoms with Crippen molar-refractivity contribution in [2.75, 3.05) is 13.1 Å². The molecule has 9 nitrogen and oxygen atoms in total. The number of imidazole rings is 1. The maximum atomic E-state index is 12.8. The van der Waals surface area contributed by atoms with Gasteiger partial charge in [-0.2, -0.15) is 9.29 Å². The van der Waals surface area contributed by atoms with Gasteiger partial charge in [-0.15, -0.1) is 0 Å². The molecule has 2 aliphatic rings. The zero-order chi connectivity index (χ0) is 18.5.